The average molecular weight is 273 g/mol. The number of hydrogen-bond acceptors (Lipinski definition) is 3. The average Bonchev–Trinajstić information content (AvgIpc) is 3.00. The Morgan fingerprint density at radius 3 is 2.60 bits per heavy atom. The summed E-state index contributed by atoms with van der Waals surface area (Å²) in [6, 6.07) is 4.43. The normalized spacial score (nSPS) is 25.4. The summed E-state index contributed by atoms with van der Waals surface area (Å²) < 4.78 is 0. The SMILES string of the molecule is CC(C)CNCc1ccc(N2CC3CCCC3C2)nc1. The molecule has 0 bridgehead atoms. The zero-order valence-corrected chi connectivity index (χ0v) is 12.8. The Morgan fingerprint density at radius 1 is 1.25 bits per heavy atom. The van der Waals surface area contributed by atoms with Crippen molar-refractivity contribution in [3.8, 4) is 0 Å². The molecule has 2 atom stereocenters. The van der Waals surface area contributed by atoms with Gasteiger partial charge in [0, 0.05) is 25.8 Å². The number of pyridine rings is 1. The minimum atomic E-state index is 0.700. The van der Waals surface area contributed by atoms with Gasteiger partial charge in [-0.25, -0.2) is 4.98 Å². The number of aromatic nitrogens is 1. The molecule has 0 amide bonds. The molecule has 110 valence electrons. The summed E-state index contributed by atoms with van der Waals surface area (Å²) in [6.45, 7) is 8.91. The molecule has 1 aromatic heterocycles. The van der Waals surface area contributed by atoms with Gasteiger partial charge in [-0.1, -0.05) is 26.3 Å². The maximum atomic E-state index is 4.67. The lowest BCUT2D eigenvalue weighted by molar-refractivity contribution is 0.494. The largest absolute Gasteiger partial charge is 0.356 e. The van der Waals surface area contributed by atoms with Gasteiger partial charge in [0.05, 0.1) is 0 Å². The molecule has 1 N–H and O–H groups in total. The molecule has 3 heteroatoms. The van der Waals surface area contributed by atoms with Gasteiger partial charge in [0.2, 0.25) is 0 Å². The van der Waals surface area contributed by atoms with Crippen LogP contribution in [0, 0.1) is 17.8 Å². The molecule has 2 fully saturated rings. The standard InChI is InChI=1S/C17H27N3/c1-13(2)8-18-9-14-6-7-17(19-10-14)20-11-15-4-3-5-16(15)12-20/h6-7,10,13,15-16,18H,3-5,8-9,11-12H2,1-2H3. The van der Waals surface area contributed by atoms with Crippen LogP contribution in [0.1, 0.15) is 38.7 Å². The first-order valence-electron chi connectivity index (χ1n) is 8.13. The van der Waals surface area contributed by atoms with Gasteiger partial charge >= 0.3 is 0 Å². The Labute approximate surface area is 122 Å². The highest BCUT2D eigenvalue weighted by molar-refractivity contribution is 5.41. The molecule has 0 spiro atoms. The van der Waals surface area contributed by atoms with E-state index < -0.39 is 0 Å². The second-order valence-electron chi connectivity index (χ2n) is 6.91. The number of nitrogens with one attached hydrogen (secondary N) is 1. The highest BCUT2D eigenvalue weighted by atomic mass is 15.2. The lowest BCUT2D eigenvalue weighted by Gasteiger charge is -2.18. The van der Waals surface area contributed by atoms with Crippen LogP contribution in [0.4, 0.5) is 5.82 Å². The van der Waals surface area contributed by atoms with Crippen molar-refractivity contribution >= 4 is 5.82 Å². The van der Waals surface area contributed by atoms with Crippen LogP contribution in [0.5, 0.6) is 0 Å². The fourth-order valence-corrected chi connectivity index (χ4v) is 3.64. The first kappa shape index (κ1) is 13.9. The zero-order chi connectivity index (χ0) is 13.9. The maximum absolute atomic E-state index is 4.67. The van der Waals surface area contributed by atoms with Gasteiger partial charge in [-0.05, 0) is 48.8 Å². The minimum absolute atomic E-state index is 0.700. The number of fused-ring (bicyclic) bond motifs is 1. The molecular formula is C17H27N3. The molecule has 0 aromatic carbocycles. The van der Waals surface area contributed by atoms with E-state index >= 15 is 0 Å². The smallest absolute Gasteiger partial charge is 0.128 e. The van der Waals surface area contributed by atoms with E-state index in [1.807, 2.05) is 6.20 Å². The Kier molecular flexibility index (Phi) is 4.25. The lowest BCUT2D eigenvalue weighted by atomic mass is 10.0. The van der Waals surface area contributed by atoms with E-state index in [9.17, 15) is 0 Å². The topological polar surface area (TPSA) is 28.2 Å². The number of nitrogens with zero attached hydrogens (tertiary/aromatic N) is 2. The monoisotopic (exact) mass is 273 g/mol. The summed E-state index contributed by atoms with van der Waals surface area (Å²) in [4.78, 5) is 7.16. The van der Waals surface area contributed by atoms with Gasteiger partial charge in [0.1, 0.15) is 5.82 Å². The third-order valence-corrected chi connectivity index (χ3v) is 4.74. The minimum Gasteiger partial charge on any atom is -0.356 e. The Balaban J connectivity index is 1.54. The fourth-order valence-electron chi connectivity index (χ4n) is 3.64. The van der Waals surface area contributed by atoms with Gasteiger partial charge in [-0.2, -0.15) is 0 Å². The van der Waals surface area contributed by atoms with Crippen LogP contribution in [-0.4, -0.2) is 24.6 Å². The van der Waals surface area contributed by atoms with E-state index in [2.05, 4.69) is 41.2 Å². The van der Waals surface area contributed by atoms with Crippen molar-refractivity contribution < 1.29 is 0 Å². The molecule has 1 aromatic rings. The van der Waals surface area contributed by atoms with Crippen molar-refractivity contribution in [1.82, 2.24) is 10.3 Å². The van der Waals surface area contributed by atoms with Crippen molar-refractivity contribution in [3.05, 3.63) is 23.9 Å². The molecule has 2 aliphatic rings. The maximum Gasteiger partial charge on any atom is 0.128 e. The number of hydrogen-bond donors (Lipinski definition) is 1. The highest BCUT2D eigenvalue weighted by Gasteiger charge is 2.36. The van der Waals surface area contributed by atoms with Gasteiger partial charge in [0.25, 0.3) is 0 Å². The summed E-state index contributed by atoms with van der Waals surface area (Å²) in [5.74, 6) is 3.74. The zero-order valence-electron chi connectivity index (χ0n) is 12.8. The number of anilines is 1. The number of rotatable bonds is 5. The van der Waals surface area contributed by atoms with Crippen molar-refractivity contribution in [1.29, 1.82) is 0 Å². The highest BCUT2D eigenvalue weighted by Crippen LogP contribution is 2.38. The van der Waals surface area contributed by atoms with Gasteiger partial charge in [-0.3, -0.25) is 0 Å². The van der Waals surface area contributed by atoms with Crippen molar-refractivity contribution in [2.45, 2.75) is 39.7 Å². The van der Waals surface area contributed by atoms with Crippen molar-refractivity contribution in [3.63, 3.8) is 0 Å². The Hall–Kier alpha value is -1.09. The fraction of sp³-hybridized carbons (Fsp3) is 0.706. The van der Waals surface area contributed by atoms with Crippen LogP contribution in [0.25, 0.3) is 0 Å². The van der Waals surface area contributed by atoms with Crippen molar-refractivity contribution in [2.75, 3.05) is 24.5 Å². The summed E-state index contributed by atoms with van der Waals surface area (Å²) in [7, 11) is 0. The lowest BCUT2D eigenvalue weighted by Crippen LogP contribution is -2.22. The third-order valence-electron chi connectivity index (χ3n) is 4.74. The molecule has 1 saturated carbocycles. The summed E-state index contributed by atoms with van der Waals surface area (Å²) in [5, 5.41) is 3.47. The van der Waals surface area contributed by atoms with Crippen LogP contribution < -0.4 is 10.2 Å². The quantitative estimate of drug-likeness (QED) is 0.893. The molecule has 1 aliphatic carbocycles. The molecule has 1 aliphatic heterocycles. The molecular weight excluding hydrogens is 246 g/mol. The summed E-state index contributed by atoms with van der Waals surface area (Å²) in [6.07, 6.45) is 6.34. The molecule has 0 radical (unpaired) electrons. The van der Waals surface area contributed by atoms with Gasteiger partial charge in [0.15, 0.2) is 0 Å². The Morgan fingerprint density at radius 2 is 2.00 bits per heavy atom. The molecule has 3 rings (SSSR count). The van der Waals surface area contributed by atoms with Gasteiger partial charge in [-0.15, -0.1) is 0 Å². The second-order valence-corrected chi connectivity index (χ2v) is 6.91. The molecule has 3 nitrogen and oxygen atoms in total. The predicted molar refractivity (Wildman–Crippen MR) is 83.8 cm³/mol. The van der Waals surface area contributed by atoms with Crippen LogP contribution in [0.3, 0.4) is 0 Å². The van der Waals surface area contributed by atoms with Crippen LogP contribution in [-0.2, 0) is 6.54 Å². The van der Waals surface area contributed by atoms with E-state index in [0.717, 1.165) is 24.9 Å². The van der Waals surface area contributed by atoms with Crippen LogP contribution in [0.15, 0.2) is 18.3 Å². The van der Waals surface area contributed by atoms with E-state index in [-0.39, 0.29) is 0 Å². The van der Waals surface area contributed by atoms with Crippen LogP contribution >= 0.6 is 0 Å². The van der Waals surface area contributed by atoms with Crippen LogP contribution in [0.2, 0.25) is 0 Å². The Bertz CT molecular complexity index is 414. The first-order chi connectivity index (χ1) is 9.72. The van der Waals surface area contributed by atoms with Crippen molar-refractivity contribution in [2.24, 2.45) is 17.8 Å². The second kappa shape index (κ2) is 6.13. The molecule has 1 saturated heterocycles. The third kappa shape index (κ3) is 3.14. The van der Waals surface area contributed by atoms with Gasteiger partial charge < -0.3 is 10.2 Å². The molecule has 2 unspecified atom stereocenters. The molecule has 20 heavy (non-hydrogen) atoms. The summed E-state index contributed by atoms with van der Waals surface area (Å²) in [5.41, 5.74) is 1.29. The van der Waals surface area contributed by atoms with E-state index in [0.29, 0.717) is 5.92 Å². The predicted octanol–water partition coefficient (Wildman–Crippen LogP) is 3.06. The van der Waals surface area contributed by atoms with E-state index in [1.54, 1.807) is 0 Å². The first-order valence-corrected chi connectivity index (χ1v) is 8.13. The van der Waals surface area contributed by atoms with E-state index in [1.165, 1.54) is 43.7 Å². The van der Waals surface area contributed by atoms with E-state index in [4.69, 9.17) is 0 Å². The summed E-state index contributed by atoms with van der Waals surface area (Å²) >= 11 is 0. The molecule has 2 heterocycles.